The van der Waals surface area contributed by atoms with E-state index in [0.717, 1.165) is 31.1 Å². The molecule has 0 bridgehead atoms. The zero-order valence-corrected chi connectivity index (χ0v) is 12.0. The summed E-state index contributed by atoms with van der Waals surface area (Å²) in [5.41, 5.74) is 0. The molecule has 2 nitrogen and oxygen atoms in total. The lowest BCUT2D eigenvalue weighted by atomic mass is 10.1. The summed E-state index contributed by atoms with van der Waals surface area (Å²) in [6.07, 6.45) is 5.21. The Morgan fingerprint density at radius 2 is 1.65 bits per heavy atom. The van der Waals surface area contributed by atoms with Crippen LogP contribution in [0.3, 0.4) is 0 Å². The molecule has 1 aliphatic rings. The van der Waals surface area contributed by atoms with Gasteiger partial charge in [0.05, 0.1) is 0 Å². The average Bonchev–Trinajstić information content (AvgIpc) is 2.64. The lowest BCUT2D eigenvalue weighted by Crippen LogP contribution is -2.36. The summed E-state index contributed by atoms with van der Waals surface area (Å²) in [4.78, 5) is 14.0. The predicted molar refractivity (Wildman–Crippen MR) is 73.1 cm³/mol. The van der Waals surface area contributed by atoms with Gasteiger partial charge in [-0.15, -0.1) is 0 Å². The molecule has 1 aliphatic carbocycles. The Morgan fingerprint density at radius 3 is 2.00 bits per heavy atom. The van der Waals surface area contributed by atoms with Crippen LogP contribution in [0, 0.1) is 11.8 Å². The topological polar surface area (TPSA) is 20.3 Å². The van der Waals surface area contributed by atoms with E-state index < -0.39 is 0 Å². The number of hydrogen-bond donors (Lipinski definition) is 0. The second-order valence-electron chi connectivity index (χ2n) is 6.34. The van der Waals surface area contributed by atoms with E-state index in [1.54, 1.807) is 0 Å². The van der Waals surface area contributed by atoms with Crippen molar-refractivity contribution in [2.24, 2.45) is 11.8 Å². The van der Waals surface area contributed by atoms with Gasteiger partial charge in [0.25, 0.3) is 0 Å². The Kier molecular flexibility index (Phi) is 6.18. The van der Waals surface area contributed by atoms with Crippen LogP contribution in [0.1, 0.15) is 59.8 Å². The van der Waals surface area contributed by atoms with E-state index in [-0.39, 0.29) is 0 Å². The summed E-state index contributed by atoms with van der Waals surface area (Å²) in [7, 11) is 0. The molecule has 100 valence electrons. The highest BCUT2D eigenvalue weighted by Gasteiger charge is 2.27. The minimum absolute atomic E-state index is 0.467. The second-order valence-corrected chi connectivity index (χ2v) is 6.34. The van der Waals surface area contributed by atoms with E-state index in [0.29, 0.717) is 11.8 Å². The van der Waals surface area contributed by atoms with Gasteiger partial charge in [-0.25, -0.2) is 0 Å². The van der Waals surface area contributed by atoms with Gasteiger partial charge in [-0.3, -0.25) is 9.69 Å². The monoisotopic (exact) mass is 239 g/mol. The standard InChI is InChI=1S/C15H29NO/c1-12(2)7-9-16(10-8-13(3)4)14-5-6-15(17)11-14/h12-14H,5-11H2,1-4H3. The second kappa shape index (κ2) is 7.15. The Bertz CT molecular complexity index is 223. The molecule has 0 N–H and O–H groups in total. The lowest BCUT2D eigenvalue weighted by molar-refractivity contribution is -0.117. The Balaban J connectivity index is 2.43. The zero-order valence-electron chi connectivity index (χ0n) is 12.0. The molecule has 0 amide bonds. The maximum atomic E-state index is 11.4. The van der Waals surface area contributed by atoms with Gasteiger partial charge in [0, 0.05) is 18.9 Å². The molecule has 1 unspecified atom stereocenters. The van der Waals surface area contributed by atoms with E-state index in [2.05, 4.69) is 32.6 Å². The fourth-order valence-electron chi connectivity index (χ4n) is 2.43. The van der Waals surface area contributed by atoms with Crippen molar-refractivity contribution in [2.75, 3.05) is 13.1 Å². The third-order valence-corrected chi connectivity index (χ3v) is 3.72. The normalized spacial score (nSPS) is 21.1. The van der Waals surface area contributed by atoms with Crippen LogP contribution in [0.25, 0.3) is 0 Å². The third kappa shape index (κ3) is 5.67. The van der Waals surface area contributed by atoms with E-state index in [1.165, 1.54) is 25.9 Å². The molecule has 1 rings (SSSR count). The molecule has 1 atom stereocenters. The first-order valence-electron chi connectivity index (χ1n) is 7.24. The summed E-state index contributed by atoms with van der Waals surface area (Å²) >= 11 is 0. The van der Waals surface area contributed by atoms with Crippen LogP contribution in [0.2, 0.25) is 0 Å². The minimum atomic E-state index is 0.467. The van der Waals surface area contributed by atoms with E-state index >= 15 is 0 Å². The van der Waals surface area contributed by atoms with Crippen molar-refractivity contribution in [3.05, 3.63) is 0 Å². The molecule has 1 saturated carbocycles. The number of rotatable bonds is 7. The van der Waals surface area contributed by atoms with Crippen LogP contribution < -0.4 is 0 Å². The van der Waals surface area contributed by atoms with E-state index in [1.807, 2.05) is 0 Å². The summed E-state index contributed by atoms with van der Waals surface area (Å²) < 4.78 is 0. The number of hydrogen-bond acceptors (Lipinski definition) is 2. The quantitative estimate of drug-likeness (QED) is 0.677. The summed E-state index contributed by atoms with van der Waals surface area (Å²) in [5, 5.41) is 0. The van der Waals surface area contributed by atoms with Gasteiger partial charge in [0.15, 0.2) is 0 Å². The van der Waals surface area contributed by atoms with Crippen molar-refractivity contribution in [3.8, 4) is 0 Å². The van der Waals surface area contributed by atoms with Gasteiger partial charge in [-0.1, -0.05) is 27.7 Å². The smallest absolute Gasteiger partial charge is 0.134 e. The molecule has 17 heavy (non-hydrogen) atoms. The van der Waals surface area contributed by atoms with Crippen molar-refractivity contribution in [1.82, 2.24) is 4.90 Å². The molecule has 0 saturated heterocycles. The summed E-state index contributed by atoms with van der Waals surface area (Å²) in [5.74, 6) is 1.98. The number of carbonyl (C=O) groups excluding carboxylic acids is 1. The SMILES string of the molecule is CC(C)CCN(CCC(C)C)C1CCC(=O)C1. The number of nitrogens with zero attached hydrogens (tertiary/aromatic N) is 1. The molecule has 1 fully saturated rings. The largest absolute Gasteiger partial charge is 0.300 e. The fourth-order valence-corrected chi connectivity index (χ4v) is 2.43. The molecule has 0 aromatic carbocycles. The molecule has 0 aromatic rings. The van der Waals surface area contributed by atoms with Gasteiger partial charge >= 0.3 is 0 Å². The summed E-state index contributed by atoms with van der Waals surface area (Å²) in [6.45, 7) is 11.5. The molecular formula is C15H29NO. The Labute approximate surface area is 107 Å². The molecule has 0 aromatic heterocycles. The molecule has 0 spiro atoms. The molecule has 2 heteroatoms. The minimum Gasteiger partial charge on any atom is -0.300 e. The first kappa shape index (κ1) is 14.7. The van der Waals surface area contributed by atoms with Gasteiger partial charge in [-0.05, 0) is 44.2 Å². The average molecular weight is 239 g/mol. The molecule has 0 aliphatic heterocycles. The van der Waals surface area contributed by atoms with Crippen LogP contribution in [-0.4, -0.2) is 29.8 Å². The molecule has 0 radical (unpaired) electrons. The number of ketones is 1. The van der Waals surface area contributed by atoms with Gasteiger partial charge in [0.2, 0.25) is 0 Å². The van der Waals surface area contributed by atoms with E-state index in [9.17, 15) is 4.79 Å². The van der Waals surface area contributed by atoms with E-state index in [4.69, 9.17) is 0 Å². The maximum Gasteiger partial charge on any atom is 0.134 e. The Morgan fingerprint density at radius 1 is 1.12 bits per heavy atom. The van der Waals surface area contributed by atoms with Crippen molar-refractivity contribution >= 4 is 5.78 Å². The first-order chi connectivity index (χ1) is 7.99. The van der Waals surface area contributed by atoms with Gasteiger partial charge in [-0.2, -0.15) is 0 Å². The fraction of sp³-hybridized carbons (Fsp3) is 0.933. The summed E-state index contributed by atoms with van der Waals surface area (Å²) in [6, 6.07) is 0.542. The van der Waals surface area contributed by atoms with Crippen LogP contribution in [0.15, 0.2) is 0 Å². The number of carbonyl (C=O) groups is 1. The number of Topliss-reactive ketones (excluding diaryl/α,β-unsaturated/α-hetero) is 1. The van der Waals surface area contributed by atoms with Crippen molar-refractivity contribution < 1.29 is 4.79 Å². The zero-order chi connectivity index (χ0) is 12.8. The van der Waals surface area contributed by atoms with Crippen molar-refractivity contribution in [1.29, 1.82) is 0 Å². The highest BCUT2D eigenvalue weighted by molar-refractivity contribution is 5.81. The van der Waals surface area contributed by atoms with Crippen molar-refractivity contribution in [3.63, 3.8) is 0 Å². The van der Waals surface area contributed by atoms with Gasteiger partial charge < -0.3 is 0 Å². The van der Waals surface area contributed by atoms with Crippen LogP contribution in [-0.2, 0) is 4.79 Å². The van der Waals surface area contributed by atoms with Crippen molar-refractivity contribution in [2.45, 2.75) is 65.8 Å². The first-order valence-corrected chi connectivity index (χ1v) is 7.24. The predicted octanol–water partition coefficient (Wildman–Crippen LogP) is 3.50. The van der Waals surface area contributed by atoms with Crippen LogP contribution >= 0.6 is 0 Å². The molecular weight excluding hydrogens is 210 g/mol. The van der Waals surface area contributed by atoms with Gasteiger partial charge in [0.1, 0.15) is 5.78 Å². The highest BCUT2D eigenvalue weighted by Crippen LogP contribution is 2.22. The highest BCUT2D eigenvalue weighted by atomic mass is 16.1. The maximum absolute atomic E-state index is 11.4. The van der Waals surface area contributed by atoms with Crippen LogP contribution in [0.5, 0.6) is 0 Å². The van der Waals surface area contributed by atoms with Crippen LogP contribution in [0.4, 0.5) is 0 Å². The molecule has 0 heterocycles. The lowest BCUT2D eigenvalue weighted by Gasteiger charge is -2.29. The third-order valence-electron chi connectivity index (χ3n) is 3.72. The Hall–Kier alpha value is -0.370.